The van der Waals surface area contributed by atoms with Crippen molar-refractivity contribution in [1.29, 1.82) is 0 Å². The van der Waals surface area contributed by atoms with E-state index in [1.54, 1.807) is 0 Å². The molecule has 0 aliphatic carbocycles. The van der Waals surface area contributed by atoms with Crippen LogP contribution < -0.4 is 0 Å². The fourth-order valence-corrected chi connectivity index (χ4v) is 3.47. The third kappa shape index (κ3) is 2.67. The normalized spacial score (nSPS) is 28.2. The molecule has 2 bridgehead atoms. The monoisotopic (exact) mass is 277 g/mol. The summed E-state index contributed by atoms with van der Waals surface area (Å²) in [6.45, 7) is 9.83. The Labute approximate surface area is 121 Å². The van der Waals surface area contributed by atoms with Gasteiger partial charge in [0.15, 0.2) is 0 Å². The number of thiol groups is 1. The van der Waals surface area contributed by atoms with E-state index >= 15 is 0 Å². The second-order valence-corrected chi connectivity index (χ2v) is 7.45. The van der Waals surface area contributed by atoms with Crippen molar-refractivity contribution in [3.63, 3.8) is 0 Å². The predicted molar refractivity (Wildman–Crippen MR) is 81.2 cm³/mol. The first-order chi connectivity index (χ1) is 8.93. The number of pyridine rings is 1. The van der Waals surface area contributed by atoms with Crippen LogP contribution in [0.5, 0.6) is 0 Å². The highest BCUT2D eigenvalue weighted by Crippen LogP contribution is 2.34. The summed E-state index contributed by atoms with van der Waals surface area (Å²) in [5.74, 6) is 0. The van der Waals surface area contributed by atoms with Crippen molar-refractivity contribution in [3.05, 3.63) is 29.6 Å². The van der Waals surface area contributed by atoms with Gasteiger partial charge < -0.3 is 0 Å². The summed E-state index contributed by atoms with van der Waals surface area (Å²) in [5, 5.41) is 0. The molecule has 2 atom stereocenters. The standard InChI is InChI=1S/C15H23N3S/c1-15(2,3)14-5-4-11(7-16-14)8-18-12-6-13(18)10-17(19)9-12/h4-5,7,12-13,19H,6,8-10H2,1-3H3. The molecule has 0 saturated carbocycles. The Balaban J connectivity index is 1.65. The van der Waals surface area contributed by atoms with Crippen molar-refractivity contribution in [2.24, 2.45) is 0 Å². The van der Waals surface area contributed by atoms with Gasteiger partial charge in [0.05, 0.1) is 0 Å². The van der Waals surface area contributed by atoms with E-state index in [0.717, 1.165) is 19.6 Å². The summed E-state index contributed by atoms with van der Waals surface area (Å²) in [7, 11) is 0. The molecule has 0 amide bonds. The van der Waals surface area contributed by atoms with E-state index in [2.05, 4.69) is 59.9 Å². The highest BCUT2D eigenvalue weighted by Gasteiger charge is 2.43. The maximum absolute atomic E-state index is 4.62. The van der Waals surface area contributed by atoms with Crippen LogP contribution in [0.2, 0.25) is 0 Å². The zero-order valence-electron chi connectivity index (χ0n) is 12.0. The zero-order chi connectivity index (χ0) is 13.6. The number of likely N-dealkylation sites (tertiary alicyclic amines) is 1. The van der Waals surface area contributed by atoms with Crippen LogP contribution in [0.15, 0.2) is 18.3 Å². The van der Waals surface area contributed by atoms with E-state index in [4.69, 9.17) is 0 Å². The van der Waals surface area contributed by atoms with E-state index in [1.807, 2.05) is 6.20 Å². The van der Waals surface area contributed by atoms with Crippen LogP contribution in [0.3, 0.4) is 0 Å². The first kappa shape index (κ1) is 13.4. The van der Waals surface area contributed by atoms with Crippen LogP contribution in [0.25, 0.3) is 0 Å². The quantitative estimate of drug-likeness (QED) is 0.838. The van der Waals surface area contributed by atoms with Gasteiger partial charge in [0.2, 0.25) is 0 Å². The van der Waals surface area contributed by atoms with Crippen LogP contribution in [-0.2, 0) is 12.0 Å². The molecule has 1 aromatic heterocycles. The lowest BCUT2D eigenvalue weighted by Crippen LogP contribution is -2.66. The van der Waals surface area contributed by atoms with Gasteiger partial charge in [0.1, 0.15) is 0 Å². The van der Waals surface area contributed by atoms with Crippen molar-refractivity contribution in [1.82, 2.24) is 14.2 Å². The fourth-order valence-electron chi connectivity index (χ4n) is 3.10. The summed E-state index contributed by atoms with van der Waals surface area (Å²) in [5.41, 5.74) is 2.63. The molecule has 3 nitrogen and oxygen atoms in total. The summed E-state index contributed by atoms with van der Waals surface area (Å²) >= 11 is 4.46. The molecule has 0 radical (unpaired) electrons. The number of piperidine rings is 1. The maximum atomic E-state index is 4.62. The smallest absolute Gasteiger partial charge is 0.0457 e. The molecule has 3 heterocycles. The SMILES string of the molecule is CC(C)(C)c1ccc(CN2C3CC2CN(S)C3)cn1. The lowest BCUT2D eigenvalue weighted by atomic mass is 9.88. The maximum Gasteiger partial charge on any atom is 0.0457 e. The summed E-state index contributed by atoms with van der Waals surface area (Å²) < 4.78 is 2.15. The number of piperazine rings is 1. The molecule has 0 spiro atoms. The Kier molecular flexibility index (Phi) is 3.36. The van der Waals surface area contributed by atoms with Gasteiger partial charge in [-0.15, -0.1) is 0 Å². The van der Waals surface area contributed by atoms with Gasteiger partial charge in [-0.3, -0.25) is 14.2 Å². The largest absolute Gasteiger partial charge is 0.290 e. The molecule has 0 aromatic carbocycles. The molecule has 19 heavy (non-hydrogen) atoms. The van der Waals surface area contributed by atoms with E-state index in [9.17, 15) is 0 Å². The average molecular weight is 277 g/mol. The third-order valence-corrected chi connectivity index (χ3v) is 4.61. The number of rotatable bonds is 2. The van der Waals surface area contributed by atoms with Crippen LogP contribution in [0.1, 0.15) is 38.4 Å². The molecule has 2 aliphatic rings. The Bertz CT molecular complexity index is 439. The van der Waals surface area contributed by atoms with Crippen molar-refractivity contribution in [3.8, 4) is 0 Å². The predicted octanol–water partition coefficient (Wildman–Crippen LogP) is 2.48. The molecule has 2 saturated heterocycles. The lowest BCUT2D eigenvalue weighted by molar-refractivity contribution is -0.0465. The van der Waals surface area contributed by atoms with Crippen LogP contribution >= 0.6 is 12.8 Å². The fraction of sp³-hybridized carbons (Fsp3) is 0.667. The van der Waals surface area contributed by atoms with E-state index in [0.29, 0.717) is 12.1 Å². The first-order valence-electron chi connectivity index (χ1n) is 7.08. The van der Waals surface area contributed by atoms with Gasteiger partial charge in [-0.05, 0) is 18.1 Å². The topological polar surface area (TPSA) is 19.4 Å². The number of hydrogen-bond donors (Lipinski definition) is 1. The van der Waals surface area contributed by atoms with Gasteiger partial charge in [-0.25, -0.2) is 0 Å². The molecule has 104 valence electrons. The third-order valence-electron chi connectivity index (χ3n) is 4.28. The van der Waals surface area contributed by atoms with Gasteiger partial charge >= 0.3 is 0 Å². The number of aromatic nitrogens is 1. The van der Waals surface area contributed by atoms with E-state index in [-0.39, 0.29) is 5.41 Å². The first-order valence-corrected chi connectivity index (χ1v) is 7.48. The summed E-state index contributed by atoms with van der Waals surface area (Å²) in [4.78, 5) is 7.22. The minimum absolute atomic E-state index is 0.137. The summed E-state index contributed by atoms with van der Waals surface area (Å²) in [6.07, 6.45) is 3.39. The minimum atomic E-state index is 0.137. The van der Waals surface area contributed by atoms with Gasteiger partial charge in [0.25, 0.3) is 0 Å². The molecule has 0 N–H and O–H groups in total. The Morgan fingerprint density at radius 3 is 2.47 bits per heavy atom. The zero-order valence-corrected chi connectivity index (χ0v) is 12.9. The van der Waals surface area contributed by atoms with Crippen molar-refractivity contribution in [2.75, 3.05) is 13.1 Å². The second-order valence-electron chi connectivity index (χ2n) is 6.89. The number of nitrogens with zero attached hydrogens (tertiary/aromatic N) is 3. The van der Waals surface area contributed by atoms with Crippen molar-refractivity contribution in [2.45, 2.75) is 51.2 Å². The summed E-state index contributed by atoms with van der Waals surface area (Å²) in [6, 6.07) is 5.80. The molecule has 3 rings (SSSR count). The minimum Gasteiger partial charge on any atom is -0.290 e. The van der Waals surface area contributed by atoms with Gasteiger partial charge in [0, 0.05) is 49.0 Å². The number of fused-ring (bicyclic) bond motifs is 2. The van der Waals surface area contributed by atoms with Crippen molar-refractivity contribution >= 4 is 12.8 Å². The Morgan fingerprint density at radius 1 is 1.26 bits per heavy atom. The molecular formula is C15H23N3S. The molecule has 1 aromatic rings. The Hall–Kier alpha value is -0.580. The van der Waals surface area contributed by atoms with E-state index < -0.39 is 0 Å². The lowest BCUT2D eigenvalue weighted by Gasteiger charge is -2.55. The Morgan fingerprint density at radius 2 is 1.95 bits per heavy atom. The van der Waals surface area contributed by atoms with Crippen LogP contribution in [0, 0.1) is 0 Å². The molecule has 2 unspecified atom stereocenters. The van der Waals surface area contributed by atoms with Crippen LogP contribution in [-0.4, -0.2) is 39.4 Å². The molecule has 4 heteroatoms. The van der Waals surface area contributed by atoms with Gasteiger partial charge in [-0.1, -0.05) is 39.7 Å². The highest BCUT2D eigenvalue weighted by molar-refractivity contribution is 7.77. The average Bonchev–Trinajstić information content (AvgIpc) is 2.35. The molecular weight excluding hydrogens is 254 g/mol. The van der Waals surface area contributed by atoms with E-state index in [1.165, 1.54) is 17.7 Å². The molecule has 2 fully saturated rings. The van der Waals surface area contributed by atoms with Gasteiger partial charge in [-0.2, -0.15) is 0 Å². The highest BCUT2D eigenvalue weighted by atomic mass is 32.1. The molecule has 2 aliphatic heterocycles. The second kappa shape index (κ2) is 4.76. The number of hydrogen-bond acceptors (Lipinski definition) is 4. The van der Waals surface area contributed by atoms with Crippen molar-refractivity contribution < 1.29 is 0 Å². The van der Waals surface area contributed by atoms with Crippen LogP contribution in [0.4, 0.5) is 0 Å².